The third-order valence-electron chi connectivity index (χ3n) is 4.97. The van der Waals surface area contributed by atoms with Gasteiger partial charge in [0.15, 0.2) is 5.60 Å². The van der Waals surface area contributed by atoms with Gasteiger partial charge in [-0.3, -0.25) is 0 Å². The SMILES string of the molecule is CCCCCCCCC(OC)(c1ccccc1)C(OCC)(OCC)OCC. The molecule has 4 nitrogen and oxygen atoms in total. The molecule has 1 rings (SSSR count). The van der Waals surface area contributed by atoms with E-state index in [1.165, 1.54) is 32.1 Å². The maximum Gasteiger partial charge on any atom is 0.318 e. The van der Waals surface area contributed by atoms with Gasteiger partial charge in [-0.2, -0.15) is 0 Å². The minimum absolute atomic E-state index is 0.481. The van der Waals surface area contributed by atoms with Crippen LogP contribution in [-0.2, 0) is 24.5 Å². The van der Waals surface area contributed by atoms with Crippen molar-refractivity contribution in [2.45, 2.75) is 84.2 Å². The maximum absolute atomic E-state index is 6.20. The number of rotatable bonds is 16. The highest BCUT2D eigenvalue weighted by Gasteiger charge is 2.57. The highest BCUT2D eigenvalue weighted by atomic mass is 16.9. The monoisotopic (exact) mass is 380 g/mol. The molecule has 1 atom stereocenters. The van der Waals surface area contributed by atoms with Crippen LogP contribution in [-0.4, -0.2) is 32.9 Å². The largest absolute Gasteiger partial charge is 0.365 e. The molecule has 0 amide bonds. The van der Waals surface area contributed by atoms with Crippen molar-refractivity contribution < 1.29 is 18.9 Å². The molecule has 0 N–H and O–H groups in total. The Hall–Kier alpha value is -0.940. The lowest BCUT2D eigenvalue weighted by atomic mass is 9.84. The zero-order valence-electron chi connectivity index (χ0n) is 18.1. The molecule has 0 bridgehead atoms. The number of unbranched alkanes of at least 4 members (excludes halogenated alkanes) is 5. The van der Waals surface area contributed by atoms with Crippen LogP contribution in [0.4, 0.5) is 0 Å². The van der Waals surface area contributed by atoms with Gasteiger partial charge in [0, 0.05) is 26.9 Å². The summed E-state index contributed by atoms with van der Waals surface area (Å²) in [6, 6.07) is 10.2. The summed E-state index contributed by atoms with van der Waals surface area (Å²) in [4.78, 5) is 0. The predicted molar refractivity (Wildman–Crippen MR) is 111 cm³/mol. The van der Waals surface area contributed by atoms with E-state index >= 15 is 0 Å². The van der Waals surface area contributed by atoms with E-state index in [0.29, 0.717) is 19.8 Å². The second-order valence-electron chi connectivity index (χ2n) is 6.77. The summed E-state index contributed by atoms with van der Waals surface area (Å²) in [6.07, 6.45) is 8.06. The molecule has 156 valence electrons. The number of methoxy groups -OCH3 is 1. The van der Waals surface area contributed by atoms with Crippen molar-refractivity contribution in [3.8, 4) is 0 Å². The Bertz CT molecular complexity index is 460. The van der Waals surface area contributed by atoms with E-state index < -0.39 is 11.6 Å². The molecule has 0 radical (unpaired) electrons. The Morgan fingerprint density at radius 2 is 1.22 bits per heavy atom. The number of hydrogen-bond acceptors (Lipinski definition) is 4. The normalized spacial score (nSPS) is 14.3. The molecular weight excluding hydrogens is 340 g/mol. The topological polar surface area (TPSA) is 36.9 Å². The first-order chi connectivity index (χ1) is 13.2. The zero-order valence-corrected chi connectivity index (χ0v) is 18.1. The third kappa shape index (κ3) is 6.28. The molecule has 1 unspecified atom stereocenters. The second-order valence-corrected chi connectivity index (χ2v) is 6.77. The van der Waals surface area contributed by atoms with Crippen LogP contribution in [0.25, 0.3) is 0 Å². The summed E-state index contributed by atoms with van der Waals surface area (Å²) >= 11 is 0. The van der Waals surface area contributed by atoms with E-state index in [2.05, 4.69) is 19.1 Å². The smallest absolute Gasteiger partial charge is 0.318 e. The van der Waals surface area contributed by atoms with Gasteiger partial charge >= 0.3 is 5.97 Å². The molecule has 0 aliphatic heterocycles. The molecule has 0 saturated heterocycles. The molecule has 1 aromatic carbocycles. The molecule has 27 heavy (non-hydrogen) atoms. The minimum atomic E-state index is -1.26. The molecule has 0 heterocycles. The van der Waals surface area contributed by atoms with E-state index in [4.69, 9.17) is 18.9 Å². The van der Waals surface area contributed by atoms with Crippen molar-refractivity contribution in [1.82, 2.24) is 0 Å². The molecule has 1 aromatic rings. The van der Waals surface area contributed by atoms with E-state index in [1.807, 2.05) is 39.0 Å². The van der Waals surface area contributed by atoms with Gasteiger partial charge in [0.25, 0.3) is 0 Å². The first-order valence-electron chi connectivity index (χ1n) is 10.7. The van der Waals surface area contributed by atoms with Gasteiger partial charge < -0.3 is 18.9 Å². The van der Waals surface area contributed by atoms with Gasteiger partial charge in [0.05, 0.1) is 0 Å². The second kappa shape index (κ2) is 13.3. The van der Waals surface area contributed by atoms with E-state index in [0.717, 1.165) is 18.4 Å². The van der Waals surface area contributed by atoms with Gasteiger partial charge in [0.1, 0.15) is 0 Å². The van der Waals surface area contributed by atoms with Gasteiger partial charge in [-0.25, -0.2) is 0 Å². The first kappa shape index (κ1) is 24.1. The van der Waals surface area contributed by atoms with Crippen LogP contribution in [0, 0.1) is 0 Å². The van der Waals surface area contributed by atoms with Crippen LogP contribution >= 0.6 is 0 Å². The van der Waals surface area contributed by atoms with Gasteiger partial charge in [-0.1, -0.05) is 69.4 Å². The molecule has 4 heteroatoms. The number of ether oxygens (including phenoxy) is 4. The van der Waals surface area contributed by atoms with E-state index in [-0.39, 0.29) is 0 Å². The fraction of sp³-hybridized carbons (Fsp3) is 0.739. The van der Waals surface area contributed by atoms with Gasteiger partial charge in [-0.15, -0.1) is 0 Å². The van der Waals surface area contributed by atoms with Crippen LogP contribution in [0.15, 0.2) is 30.3 Å². The van der Waals surface area contributed by atoms with Crippen molar-refractivity contribution in [1.29, 1.82) is 0 Å². The fourth-order valence-corrected chi connectivity index (χ4v) is 3.73. The Labute approximate surface area is 166 Å². The fourth-order valence-electron chi connectivity index (χ4n) is 3.73. The Morgan fingerprint density at radius 3 is 1.70 bits per heavy atom. The lowest BCUT2D eigenvalue weighted by Crippen LogP contribution is -2.58. The Morgan fingerprint density at radius 1 is 0.704 bits per heavy atom. The Kier molecular flexibility index (Phi) is 11.8. The summed E-state index contributed by atoms with van der Waals surface area (Å²) in [5, 5.41) is 0. The zero-order chi connectivity index (χ0) is 20.0. The van der Waals surface area contributed by atoms with Crippen LogP contribution in [0.1, 0.15) is 78.2 Å². The summed E-state index contributed by atoms with van der Waals surface area (Å²) < 4.78 is 24.6. The lowest BCUT2D eigenvalue weighted by Gasteiger charge is -2.47. The summed E-state index contributed by atoms with van der Waals surface area (Å²) in [5.41, 5.74) is 0.206. The van der Waals surface area contributed by atoms with Gasteiger partial charge in [0.2, 0.25) is 0 Å². The molecule has 0 fully saturated rings. The summed E-state index contributed by atoms with van der Waals surface area (Å²) in [6.45, 7) is 9.57. The lowest BCUT2D eigenvalue weighted by molar-refractivity contribution is -0.448. The highest BCUT2D eigenvalue weighted by Crippen LogP contribution is 2.45. The highest BCUT2D eigenvalue weighted by molar-refractivity contribution is 5.25. The predicted octanol–water partition coefficient (Wildman–Crippen LogP) is 6.04. The average Bonchev–Trinajstić information content (AvgIpc) is 2.69. The summed E-state index contributed by atoms with van der Waals surface area (Å²) in [5.74, 6) is -1.26. The molecule has 0 aromatic heterocycles. The van der Waals surface area contributed by atoms with E-state index in [1.54, 1.807) is 7.11 Å². The van der Waals surface area contributed by atoms with Crippen molar-refractivity contribution in [3.05, 3.63) is 35.9 Å². The van der Waals surface area contributed by atoms with Crippen molar-refractivity contribution in [3.63, 3.8) is 0 Å². The molecule has 0 spiro atoms. The molecular formula is C23H40O4. The van der Waals surface area contributed by atoms with Crippen LogP contribution < -0.4 is 0 Å². The Balaban J connectivity index is 3.20. The molecule has 0 saturated carbocycles. The number of hydrogen-bond donors (Lipinski definition) is 0. The van der Waals surface area contributed by atoms with Crippen LogP contribution in [0.5, 0.6) is 0 Å². The van der Waals surface area contributed by atoms with Crippen LogP contribution in [0.2, 0.25) is 0 Å². The number of benzene rings is 1. The first-order valence-corrected chi connectivity index (χ1v) is 10.7. The van der Waals surface area contributed by atoms with Crippen molar-refractivity contribution in [2.24, 2.45) is 0 Å². The molecule has 0 aliphatic carbocycles. The standard InChI is InChI=1S/C23H40O4/c1-6-10-11-12-13-17-20-22(24-5,21-18-15-14-16-19-21)23(25-7-2,26-8-3)27-9-4/h14-16,18-19H,6-13,17,20H2,1-5H3. The van der Waals surface area contributed by atoms with Crippen LogP contribution in [0.3, 0.4) is 0 Å². The van der Waals surface area contributed by atoms with Gasteiger partial charge in [-0.05, 0) is 39.2 Å². The third-order valence-corrected chi connectivity index (χ3v) is 4.97. The maximum atomic E-state index is 6.20. The van der Waals surface area contributed by atoms with E-state index in [9.17, 15) is 0 Å². The quantitative estimate of drug-likeness (QED) is 0.259. The molecule has 0 aliphatic rings. The average molecular weight is 381 g/mol. The van der Waals surface area contributed by atoms with Crippen molar-refractivity contribution >= 4 is 0 Å². The summed E-state index contributed by atoms with van der Waals surface area (Å²) in [7, 11) is 1.73. The van der Waals surface area contributed by atoms with Crippen molar-refractivity contribution in [2.75, 3.05) is 26.9 Å². The minimum Gasteiger partial charge on any atom is -0.365 e.